The highest BCUT2D eigenvalue weighted by Crippen LogP contribution is 2.21. The van der Waals surface area contributed by atoms with Crippen molar-refractivity contribution in [3.63, 3.8) is 0 Å². The van der Waals surface area contributed by atoms with E-state index in [1.807, 2.05) is 0 Å². The summed E-state index contributed by atoms with van der Waals surface area (Å²) < 4.78 is 9.64. The number of pyridine rings is 1. The lowest BCUT2D eigenvalue weighted by Gasteiger charge is -2.18. The zero-order chi connectivity index (χ0) is 14.4. The normalized spacial score (nSPS) is 9.84. The summed E-state index contributed by atoms with van der Waals surface area (Å²) in [5.41, 5.74) is 0.223. The molecule has 0 aliphatic heterocycles. The highest BCUT2D eigenvalue weighted by molar-refractivity contribution is 5.92. The SMILES string of the molecule is COC(=O)c1ccc(N(C)CCC(=O)O)nc1OC. The van der Waals surface area contributed by atoms with Gasteiger partial charge in [0.25, 0.3) is 0 Å². The van der Waals surface area contributed by atoms with E-state index < -0.39 is 11.9 Å². The van der Waals surface area contributed by atoms with Crippen LogP contribution in [0.15, 0.2) is 12.1 Å². The minimum absolute atomic E-state index is 0.000745. The van der Waals surface area contributed by atoms with E-state index in [-0.39, 0.29) is 17.9 Å². The second kappa shape index (κ2) is 6.58. The van der Waals surface area contributed by atoms with Gasteiger partial charge in [-0.25, -0.2) is 4.79 Å². The van der Waals surface area contributed by atoms with Crippen LogP contribution in [-0.4, -0.2) is 49.8 Å². The summed E-state index contributed by atoms with van der Waals surface area (Å²) in [5, 5.41) is 8.63. The number of methoxy groups -OCH3 is 2. The number of ether oxygens (including phenoxy) is 2. The molecule has 0 bridgehead atoms. The monoisotopic (exact) mass is 268 g/mol. The zero-order valence-electron chi connectivity index (χ0n) is 11.0. The third kappa shape index (κ3) is 3.84. The molecule has 0 aliphatic rings. The Morgan fingerprint density at radius 2 is 2.05 bits per heavy atom. The molecule has 0 atom stereocenters. The first-order chi connectivity index (χ1) is 8.99. The summed E-state index contributed by atoms with van der Waals surface area (Å²) >= 11 is 0. The van der Waals surface area contributed by atoms with Crippen LogP contribution >= 0.6 is 0 Å². The standard InChI is InChI=1S/C12H16N2O5/c1-14(7-6-10(15)16)9-5-4-8(12(17)19-3)11(13-9)18-2/h4-5H,6-7H2,1-3H3,(H,15,16). The smallest absolute Gasteiger partial charge is 0.343 e. The number of nitrogens with zero attached hydrogens (tertiary/aromatic N) is 2. The number of hydrogen-bond acceptors (Lipinski definition) is 6. The summed E-state index contributed by atoms with van der Waals surface area (Å²) in [4.78, 5) is 27.8. The van der Waals surface area contributed by atoms with Crippen LogP contribution in [0.25, 0.3) is 0 Å². The fourth-order valence-corrected chi connectivity index (χ4v) is 1.44. The van der Waals surface area contributed by atoms with Crippen LogP contribution in [0.1, 0.15) is 16.8 Å². The highest BCUT2D eigenvalue weighted by Gasteiger charge is 2.16. The van der Waals surface area contributed by atoms with Gasteiger partial charge in [0, 0.05) is 13.6 Å². The molecule has 7 heteroatoms. The first-order valence-electron chi connectivity index (χ1n) is 5.56. The third-order valence-corrected chi connectivity index (χ3v) is 2.50. The molecular weight excluding hydrogens is 252 g/mol. The number of aliphatic carboxylic acids is 1. The molecule has 0 radical (unpaired) electrons. The molecule has 1 N–H and O–H groups in total. The van der Waals surface area contributed by atoms with Gasteiger partial charge in [-0.15, -0.1) is 0 Å². The van der Waals surface area contributed by atoms with E-state index in [9.17, 15) is 9.59 Å². The minimum Gasteiger partial charge on any atom is -0.481 e. The molecule has 1 rings (SSSR count). The first kappa shape index (κ1) is 14.7. The summed E-state index contributed by atoms with van der Waals surface area (Å²) in [6.07, 6.45) is -0.000745. The maximum atomic E-state index is 11.5. The maximum Gasteiger partial charge on any atom is 0.343 e. The van der Waals surface area contributed by atoms with E-state index in [4.69, 9.17) is 9.84 Å². The quantitative estimate of drug-likeness (QED) is 0.763. The molecule has 0 aromatic carbocycles. The van der Waals surface area contributed by atoms with E-state index in [0.29, 0.717) is 12.4 Å². The lowest BCUT2D eigenvalue weighted by molar-refractivity contribution is -0.136. The summed E-state index contributed by atoms with van der Waals surface area (Å²) in [6, 6.07) is 3.14. The number of rotatable bonds is 6. The van der Waals surface area contributed by atoms with Gasteiger partial charge in [-0.2, -0.15) is 4.98 Å². The first-order valence-corrected chi connectivity index (χ1v) is 5.56. The van der Waals surface area contributed by atoms with Crippen molar-refractivity contribution in [3.05, 3.63) is 17.7 Å². The van der Waals surface area contributed by atoms with Gasteiger partial charge in [-0.3, -0.25) is 4.79 Å². The molecule has 1 aromatic rings. The highest BCUT2D eigenvalue weighted by atomic mass is 16.5. The summed E-state index contributed by atoms with van der Waals surface area (Å²) in [6.45, 7) is 0.309. The molecule has 7 nitrogen and oxygen atoms in total. The minimum atomic E-state index is -0.884. The lowest BCUT2D eigenvalue weighted by atomic mass is 10.2. The van der Waals surface area contributed by atoms with Crippen LogP contribution in [0.3, 0.4) is 0 Å². The predicted octanol–water partition coefficient (Wildman–Crippen LogP) is 0.788. The van der Waals surface area contributed by atoms with Crippen LogP contribution in [0.4, 0.5) is 5.82 Å². The second-order valence-electron chi connectivity index (χ2n) is 3.78. The largest absolute Gasteiger partial charge is 0.481 e. The fraction of sp³-hybridized carbons (Fsp3) is 0.417. The topological polar surface area (TPSA) is 89.0 Å². The van der Waals surface area contributed by atoms with Crippen LogP contribution in [-0.2, 0) is 9.53 Å². The molecule has 0 amide bonds. The van der Waals surface area contributed by atoms with Gasteiger partial charge in [0.05, 0.1) is 20.6 Å². The Balaban J connectivity index is 2.93. The summed E-state index contributed by atoms with van der Waals surface area (Å²) in [5.74, 6) is -0.758. The fourth-order valence-electron chi connectivity index (χ4n) is 1.44. The average molecular weight is 268 g/mol. The number of aromatic nitrogens is 1. The zero-order valence-corrected chi connectivity index (χ0v) is 11.0. The van der Waals surface area contributed by atoms with Crippen molar-refractivity contribution in [1.29, 1.82) is 0 Å². The van der Waals surface area contributed by atoms with Gasteiger partial charge in [-0.1, -0.05) is 0 Å². The number of esters is 1. The van der Waals surface area contributed by atoms with Crippen molar-refractivity contribution in [3.8, 4) is 5.88 Å². The maximum absolute atomic E-state index is 11.5. The Bertz CT molecular complexity index is 475. The predicted molar refractivity (Wildman–Crippen MR) is 67.7 cm³/mol. The number of hydrogen-bond donors (Lipinski definition) is 1. The van der Waals surface area contributed by atoms with Crippen molar-refractivity contribution in [2.24, 2.45) is 0 Å². The van der Waals surface area contributed by atoms with Crippen LogP contribution < -0.4 is 9.64 Å². The van der Waals surface area contributed by atoms with E-state index in [2.05, 4.69) is 9.72 Å². The third-order valence-electron chi connectivity index (χ3n) is 2.50. The molecule has 1 heterocycles. The van der Waals surface area contributed by atoms with Crippen LogP contribution in [0.5, 0.6) is 5.88 Å². The van der Waals surface area contributed by atoms with E-state index in [1.165, 1.54) is 20.3 Å². The number of carboxylic acid groups (broad SMARTS) is 1. The average Bonchev–Trinajstić information content (AvgIpc) is 2.42. The summed E-state index contributed by atoms with van der Waals surface area (Å²) in [7, 11) is 4.38. The van der Waals surface area contributed by atoms with Crippen LogP contribution in [0.2, 0.25) is 0 Å². The number of carboxylic acids is 1. The lowest BCUT2D eigenvalue weighted by Crippen LogP contribution is -2.22. The van der Waals surface area contributed by atoms with Gasteiger partial charge < -0.3 is 19.5 Å². The van der Waals surface area contributed by atoms with Crippen molar-refractivity contribution in [2.45, 2.75) is 6.42 Å². The molecule has 0 spiro atoms. The Labute approximate surface area is 110 Å². The second-order valence-corrected chi connectivity index (χ2v) is 3.78. The Morgan fingerprint density at radius 1 is 1.37 bits per heavy atom. The Morgan fingerprint density at radius 3 is 2.58 bits per heavy atom. The van der Waals surface area contributed by atoms with Gasteiger partial charge in [0.2, 0.25) is 5.88 Å². The van der Waals surface area contributed by atoms with Crippen LogP contribution in [0, 0.1) is 0 Å². The molecule has 0 aliphatic carbocycles. The Hall–Kier alpha value is -2.31. The van der Waals surface area contributed by atoms with Crippen molar-refractivity contribution < 1.29 is 24.2 Å². The Kier molecular flexibility index (Phi) is 5.11. The molecule has 19 heavy (non-hydrogen) atoms. The van der Waals surface area contributed by atoms with Crippen molar-refractivity contribution in [2.75, 3.05) is 32.7 Å². The number of anilines is 1. The molecule has 1 aromatic heterocycles. The molecule has 0 unspecified atom stereocenters. The number of carbonyl (C=O) groups excluding carboxylic acids is 1. The van der Waals surface area contributed by atoms with E-state index in [0.717, 1.165) is 0 Å². The molecular formula is C12H16N2O5. The van der Waals surface area contributed by atoms with Gasteiger partial charge in [0.1, 0.15) is 11.4 Å². The molecule has 104 valence electrons. The molecule has 0 saturated carbocycles. The molecule has 0 saturated heterocycles. The van der Waals surface area contributed by atoms with Crippen molar-refractivity contribution >= 4 is 17.8 Å². The van der Waals surface area contributed by atoms with Gasteiger partial charge in [-0.05, 0) is 12.1 Å². The molecule has 0 fully saturated rings. The van der Waals surface area contributed by atoms with E-state index in [1.54, 1.807) is 18.0 Å². The van der Waals surface area contributed by atoms with Crippen molar-refractivity contribution in [1.82, 2.24) is 4.98 Å². The van der Waals surface area contributed by atoms with E-state index >= 15 is 0 Å². The van der Waals surface area contributed by atoms with Gasteiger partial charge >= 0.3 is 11.9 Å². The van der Waals surface area contributed by atoms with Gasteiger partial charge in [0.15, 0.2) is 0 Å². The number of carbonyl (C=O) groups is 2.